The van der Waals surface area contributed by atoms with Crippen LogP contribution < -0.4 is 0 Å². The van der Waals surface area contributed by atoms with Crippen LogP contribution in [-0.2, 0) is 9.59 Å². The van der Waals surface area contributed by atoms with Crippen LogP contribution in [0.15, 0.2) is 30.3 Å². The predicted molar refractivity (Wildman–Crippen MR) is 95.3 cm³/mol. The Morgan fingerprint density at radius 1 is 0.958 bits per heavy atom. The van der Waals surface area contributed by atoms with Gasteiger partial charge in [0.25, 0.3) is 0 Å². The van der Waals surface area contributed by atoms with Gasteiger partial charge < -0.3 is 9.80 Å². The molecule has 0 N–H and O–H groups in total. The summed E-state index contributed by atoms with van der Waals surface area (Å²) >= 11 is 0. The Balaban J connectivity index is 1.49. The number of amides is 2. The monoisotopic (exact) mass is 326 g/mol. The number of carbonyl (C=O) groups excluding carboxylic acids is 2. The number of rotatable bonds is 3. The van der Waals surface area contributed by atoms with Crippen LogP contribution in [-0.4, -0.2) is 47.8 Å². The molecule has 1 heterocycles. The predicted octanol–water partition coefficient (Wildman–Crippen LogP) is 2.87. The van der Waals surface area contributed by atoms with E-state index in [1.165, 1.54) is 18.4 Å². The van der Waals surface area contributed by atoms with Gasteiger partial charge in [-0.2, -0.15) is 0 Å². The van der Waals surface area contributed by atoms with E-state index in [2.05, 4.69) is 0 Å². The maximum Gasteiger partial charge on any atom is 0.246 e. The van der Waals surface area contributed by atoms with E-state index in [4.69, 9.17) is 0 Å². The summed E-state index contributed by atoms with van der Waals surface area (Å²) in [5.41, 5.74) is 2.24. The van der Waals surface area contributed by atoms with Crippen molar-refractivity contribution in [2.45, 2.75) is 32.6 Å². The van der Waals surface area contributed by atoms with E-state index >= 15 is 0 Å². The van der Waals surface area contributed by atoms with Gasteiger partial charge in [0.2, 0.25) is 11.8 Å². The third-order valence-corrected chi connectivity index (χ3v) is 5.10. The third kappa shape index (κ3) is 4.05. The van der Waals surface area contributed by atoms with Gasteiger partial charge >= 0.3 is 0 Å². The minimum atomic E-state index is 0.0311. The van der Waals surface area contributed by atoms with Gasteiger partial charge in [-0.25, -0.2) is 0 Å². The zero-order valence-corrected chi connectivity index (χ0v) is 14.4. The van der Waals surface area contributed by atoms with Gasteiger partial charge in [0.15, 0.2) is 0 Å². The highest BCUT2D eigenvalue weighted by atomic mass is 16.2. The van der Waals surface area contributed by atoms with E-state index in [9.17, 15) is 9.59 Å². The molecule has 0 spiro atoms. The lowest BCUT2D eigenvalue weighted by Crippen LogP contribution is -2.51. The Bertz CT molecular complexity index is 607. The average Bonchev–Trinajstić information content (AvgIpc) is 3.15. The number of piperazine rings is 1. The van der Waals surface area contributed by atoms with Crippen molar-refractivity contribution in [1.82, 2.24) is 9.80 Å². The second kappa shape index (κ2) is 7.65. The maximum absolute atomic E-state index is 12.4. The standard InChI is InChI=1S/C20H26N2O2/c1-16-6-8-17(9-7-16)10-11-19(23)21-12-14-22(15-13-21)20(24)18-4-2-3-5-18/h6-11,18H,2-5,12-15H2,1H3/b11-10+. The van der Waals surface area contributed by atoms with Crippen LogP contribution in [0.5, 0.6) is 0 Å². The molecule has 1 saturated carbocycles. The van der Waals surface area contributed by atoms with E-state index < -0.39 is 0 Å². The summed E-state index contributed by atoms with van der Waals surface area (Å²) in [4.78, 5) is 28.5. The molecule has 0 unspecified atom stereocenters. The normalized spacial score (nSPS) is 19.2. The van der Waals surface area contributed by atoms with Gasteiger partial charge in [-0.1, -0.05) is 42.7 Å². The average molecular weight is 326 g/mol. The summed E-state index contributed by atoms with van der Waals surface area (Å²) in [6, 6.07) is 8.10. The van der Waals surface area contributed by atoms with Crippen LogP contribution in [0.25, 0.3) is 6.08 Å². The second-order valence-corrected chi connectivity index (χ2v) is 6.88. The van der Waals surface area contributed by atoms with Crippen LogP contribution in [0.4, 0.5) is 0 Å². The van der Waals surface area contributed by atoms with Gasteiger partial charge in [-0.15, -0.1) is 0 Å². The molecule has 1 aromatic rings. The van der Waals surface area contributed by atoms with Gasteiger partial charge in [0.1, 0.15) is 0 Å². The van der Waals surface area contributed by atoms with Gasteiger partial charge in [0.05, 0.1) is 0 Å². The molecular formula is C20H26N2O2. The lowest BCUT2D eigenvalue weighted by atomic mass is 10.1. The zero-order chi connectivity index (χ0) is 16.9. The molecular weight excluding hydrogens is 300 g/mol. The number of benzene rings is 1. The van der Waals surface area contributed by atoms with Gasteiger partial charge in [0, 0.05) is 38.2 Å². The van der Waals surface area contributed by atoms with Crippen LogP contribution >= 0.6 is 0 Å². The Hall–Kier alpha value is -2.10. The molecule has 0 radical (unpaired) electrons. The molecule has 1 aromatic carbocycles. The minimum Gasteiger partial charge on any atom is -0.339 e. The summed E-state index contributed by atoms with van der Waals surface area (Å²) < 4.78 is 0. The molecule has 1 saturated heterocycles. The third-order valence-electron chi connectivity index (χ3n) is 5.10. The molecule has 1 aliphatic heterocycles. The lowest BCUT2D eigenvalue weighted by molar-refractivity contribution is -0.140. The highest BCUT2D eigenvalue weighted by Crippen LogP contribution is 2.26. The maximum atomic E-state index is 12.4. The molecule has 0 aromatic heterocycles. The smallest absolute Gasteiger partial charge is 0.246 e. The first-order valence-electron chi connectivity index (χ1n) is 8.96. The molecule has 128 valence electrons. The highest BCUT2D eigenvalue weighted by molar-refractivity contribution is 5.92. The van der Waals surface area contributed by atoms with Crippen molar-refractivity contribution in [2.24, 2.45) is 5.92 Å². The molecule has 2 amide bonds. The SMILES string of the molecule is Cc1ccc(/C=C/C(=O)N2CCN(C(=O)C3CCCC3)CC2)cc1. The molecule has 2 fully saturated rings. The zero-order valence-electron chi connectivity index (χ0n) is 14.4. The van der Waals surface area contributed by atoms with Crippen LogP contribution in [0.3, 0.4) is 0 Å². The Morgan fingerprint density at radius 2 is 1.54 bits per heavy atom. The number of aryl methyl sites for hydroxylation is 1. The minimum absolute atomic E-state index is 0.0311. The van der Waals surface area contributed by atoms with Crippen molar-refractivity contribution >= 4 is 17.9 Å². The van der Waals surface area contributed by atoms with E-state index in [1.54, 1.807) is 6.08 Å². The van der Waals surface area contributed by atoms with Gasteiger partial charge in [-0.05, 0) is 31.4 Å². The first-order valence-corrected chi connectivity index (χ1v) is 8.96. The molecule has 0 atom stereocenters. The van der Waals surface area contributed by atoms with E-state index in [0.717, 1.165) is 18.4 Å². The number of nitrogens with zero attached hydrogens (tertiary/aromatic N) is 2. The molecule has 4 nitrogen and oxygen atoms in total. The van der Waals surface area contributed by atoms with Crippen molar-refractivity contribution in [3.05, 3.63) is 41.5 Å². The molecule has 1 aliphatic carbocycles. The fourth-order valence-corrected chi connectivity index (χ4v) is 3.53. The number of hydrogen-bond donors (Lipinski definition) is 0. The van der Waals surface area contributed by atoms with Crippen LogP contribution in [0.1, 0.15) is 36.8 Å². The summed E-state index contributed by atoms with van der Waals surface area (Å²) in [6.45, 7) is 4.65. The molecule has 3 rings (SSSR count). The summed E-state index contributed by atoms with van der Waals surface area (Å²) in [6.07, 6.45) is 7.93. The summed E-state index contributed by atoms with van der Waals surface area (Å²) in [7, 11) is 0. The Morgan fingerprint density at radius 3 is 2.17 bits per heavy atom. The largest absolute Gasteiger partial charge is 0.339 e. The van der Waals surface area contributed by atoms with Crippen molar-refractivity contribution in [2.75, 3.05) is 26.2 Å². The fourth-order valence-electron chi connectivity index (χ4n) is 3.53. The fraction of sp³-hybridized carbons (Fsp3) is 0.500. The first kappa shape index (κ1) is 16.7. The first-order chi connectivity index (χ1) is 11.6. The quantitative estimate of drug-likeness (QED) is 0.802. The summed E-state index contributed by atoms with van der Waals surface area (Å²) in [5, 5.41) is 0. The molecule has 2 aliphatic rings. The van der Waals surface area contributed by atoms with Crippen LogP contribution in [0.2, 0.25) is 0 Å². The number of carbonyl (C=O) groups is 2. The topological polar surface area (TPSA) is 40.6 Å². The molecule has 24 heavy (non-hydrogen) atoms. The van der Waals surface area contributed by atoms with Crippen molar-refractivity contribution < 1.29 is 9.59 Å². The van der Waals surface area contributed by atoms with Crippen molar-refractivity contribution in [3.63, 3.8) is 0 Å². The second-order valence-electron chi connectivity index (χ2n) is 6.88. The number of hydrogen-bond acceptors (Lipinski definition) is 2. The van der Waals surface area contributed by atoms with Crippen molar-refractivity contribution in [3.8, 4) is 0 Å². The molecule has 0 bridgehead atoms. The van der Waals surface area contributed by atoms with Crippen LogP contribution in [0, 0.1) is 12.8 Å². The highest BCUT2D eigenvalue weighted by Gasteiger charge is 2.29. The van der Waals surface area contributed by atoms with Gasteiger partial charge in [-0.3, -0.25) is 9.59 Å². The Kier molecular flexibility index (Phi) is 5.34. The van der Waals surface area contributed by atoms with Crippen molar-refractivity contribution in [1.29, 1.82) is 0 Å². The Labute approximate surface area is 144 Å². The lowest BCUT2D eigenvalue weighted by Gasteiger charge is -2.35. The van der Waals surface area contributed by atoms with E-state index in [0.29, 0.717) is 32.1 Å². The van der Waals surface area contributed by atoms with E-state index in [-0.39, 0.29) is 11.8 Å². The van der Waals surface area contributed by atoms with E-state index in [1.807, 2.05) is 47.1 Å². The molecule has 4 heteroatoms. The summed E-state index contributed by atoms with van der Waals surface area (Å²) in [5.74, 6) is 0.562.